The summed E-state index contributed by atoms with van der Waals surface area (Å²) in [5.74, 6) is -0.171. The van der Waals surface area contributed by atoms with Gasteiger partial charge in [-0.05, 0) is 47.9 Å². The van der Waals surface area contributed by atoms with E-state index in [1.807, 2.05) is 0 Å². The summed E-state index contributed by atoms with van der Waals surface area (Å²) in [6, 6.07) is 1.69. The minimum atomic E-state index is -0.171. The molecule has 1 aliphatic heterocycles. The zero-order chi connectivity index (χ0) is 13.7. The molecule has 0 bridgehead atoms. The number of carbonyl (C=O) groups is 1. The highest BCUT2D eigenvalue weighted by Crippen LogP contribution is 2.17. The summed E-state index contributed by atoms with van der Waals surface area (Å²) in [5, 5.41) is 3.12. The summed E-state index contributed by atoms with van der Waals surface area (Å²) < 4.78 is 0.748. The van der Waals surface area contributed by atoms with Gasteiger partial charge in [-0.1, -0.05) is 18.0 Å². The normalized spacial score (nSPS) is 16.3. The second kappa shape index (κ2) is 7.22. The highest BCUT2D eigenvalue weighted by molar-refractivity contribution is 9.10. The van der Waals surface area contributed by atoms with Crippen molar-refractivity contribution < 1.29 is 4.79 Å². The van der Waals surface area contributed by atoms with Crippen LogP contribution in [0.15, 0.2) is 16.7 Å². The third kappa shape index (κ3) is 4.44. The predicted octanol–water partition coefficient (Wildman–Crippen LogP) is 2.71. The van der Waals surface area contributed by atoms with Crippen LogP contribution in [0.3, 0.4) is 0 Å². The van der Waals surface area contributed by atoms with Crippen LogP contribution < -0.4 is 5.32 Å². The average molecular weight is 347 g/mol. The molecule has 1 aliphatic rings. The van der Waals surface area contributed by atoms with Crippen molar-refractivity contribution in [1.82, 2.24) is 15.2 Å². The maximum Gasteiger partial charge on any atom is 0.254 e. The molecule has 4 nitrogen and oxygen atoms in total. The molecule has 1 N–H and O–H groups in total. The van der Waals surface area contributed by atoms with Crippen molar-refractivity contribution >= 4 is 33.4 Å². The maximum atomic E-state index is 12.0. The zero-order valence-electron chi connectivity index (χ0n) is 10.7. The van der Waals surface area contributed by atoms with Gasteiger partial charge in [-0.2, -0.15) is 0 Å². The van der Waals surface area contributed by atoms with E-state index in [1.165, 1.54) is 19.3 Å². The van der Waals surface area contributed by atoms with Gasteiger partial charge in [0.05, 0.1) is 5.56 Å². The van der Waals surface area contributed by atoms with Gasteiger partial charge in [0.25, 0.3) is 5.91 Å². The summed E-state index contributed by atoms with van der Waals surface area (Å²) in [6.07, 6.45) is 5.42. The summed E-state index contributed by atoms with van der Waals surface area (Å²) in [7, 11) is 0. The Hall–Kier alpha value is -0.650. The number of pyridine rings is 1. The number of aromatic nitrogens is 1. The molecule has 0 atom stereocenters. The first-order valence-corrected chi connectivity index (χ1v) is 7.65. The van der Waals surface area contributed by atoms with E-state index < -0.39 is 0 Å². The van der Waals surface area contributed by atoms with Crippen molar-refractivity contribution in [3.8, 4) is 0 Å². The molecule has 1 saturated heterocycles. The van der Waals surface area contributed by atoms with E-state index in [2.05, 4.69) is 31.1 Å². The van der Waals surface area contributed by atoms with Crippen LogP contribution in [0.2, 0.25) is 5.15 Å². The number of likely N-dealkylation sites (tertiary alicyclic amines) is 1. The smallest absolute Gasteiger partial charge is 0.254 e. The van der Waals surface area contributed by atoms with Crippen LogP contribution in [0, 0.1) is 0 Å². The molecule has 0 radical (unpaired) electrons. The lowest BCUT2D eigenvalue weighted by molar-refractivity contribution is 0.0946. The second-order valence-corrected chi connectivity index (χ2v) is 5.92. The van der Waals surface area contributed by atoms with Gasteiger partial charge in [-0.3, -0.25) is 4.79 Å². The van der Waals surface area contributed by atoms with Crippen molar-refractivity contribution in [2.75, 3.05) is 26.2 Å². The minimum Gasteiger partial charge on any atom is -0.351 e. The summed E-state index contributed by atoms with van der Waals surface area (Å²) in [6.45, 7) is 3.80. The van der Waals surface area contributed by atoms with Gasteiger partial charge < -0.3 is 10.2 Å². The van der Waals surface area contributed by atoms with Crippen LogP contribution >= 0.6 is 27.5 Å². The molecule has 2 heterocycles. The van der Waals surface area contributed by atoms with Crippen LogP contribution in [0.1, 0.15) is 29.6 Å². The van der Waals surface area contributed by atoms with Crippen LogP contribution in [0.25, 0.3) is 0 Å². The maximum absolute atomic E-state index is 12.0. The van der Waals surface area contributed by atoms with Gasteiger partial charge >= 0.3 is 0 Å². The quantitative estimate of drug-likeness (QED) is 0.853. The number of hydrogen-bond acceptors (Lipinski definition) is 3. The number of halogens is 2. The highest BCUT2D eigenvalue weighted by Gasteiger charge is 2.13. The van der Waals surface area contributed by atoms with Crippen molar-refractivity contribution in [3.05, 3.63) is 27.5 Å². The third-order valence-electron chi connectivity index (χ3n) is 3.21. The fraction of sp³-hybridized carbons (Fsp3) is 0.538. The van der Waals surface area contributed by atoms with E-state index in [4.69, 9.17) is 11.6 Å². The highest BCUT2D eigenvalue weighted by atomic mass is 79.9. The van der Waals surface area contributed by atoms with Gasteiger partial charge in [-0.25, -0.2) is 4.98 Å². The molecule has 6 heteroatoms. The predicted molar refractivity (Wildman–Crippen MR) is 79.6 cm³/mol. The van der Waals surface area contributed by atoms with Gasteiger partial charge in [0, 0.05) is 23.8 Å². The molecule has 0 unspecified atom stereocenters. The monoisotopic (exact) mass is 345 g/mol. The molecule has 2 rings (SSSR count). The molecule has 1 amide bonds. The van der Waals surface area contributed by atoms with Crippen molar-refractivity contribution in [2.45, 2.75) is 19.3 Å². The van der Waals surface area contributed by atoms with Crippen molar-refractivity contribution in [1.29, 1.82) is 0 Å². The van der Waals surface area contributed by atoms with Gasteiger partial charge in [0.1, 0.15) is 5.15 Å². The first kappa shape index (κ1) is 14.8. The minimum absolute atomic E-state index is 0.171. The molecular weight excluding hydrogens is 330 g/mol. The lowest BCUT2D eigenvalue weighted by atomic mass is 10.1. The van der Waals surface area contributed by atoms with E-state index in [0.29, 0.717) is 12.1 Å². The van der Waals surface area contributed by atoms with E-state index in [1.54, 1.807) is 12.3 Å². The van der Waals surface area contributed by atoms with Crippen LogP contribution in [-0.4, -0.2) is 42.0 Å². The molecular formula is C13H17BrClN3O. The average Bonchev–Trinajstić information content (AvgIpc) is 2.42. The first-order valence-electron chi connectivity index (χ1n) is 6.48. The second-order valence-electron chi connectivity index (χ2n) is 4.65. The van der Waals surface area contributed by atoms with E-state index in [0.717, 1.165) is 24.1 Å². The molecule has 0 aliphatic carbocycles. The van der Waals surface area contributed by atoms with E-state index in [9.17, 15) is 4.79 Å². The molecule has 0 spiro atoms. The summed E-state index contributed by atoms with van der Waals surface area (Å²) >= 11 is 9.20. The lowest BCUT2D eigenvalue weighted by Gasteiger charge is -2.26. The number of rotatable bonds is 4. The zero-order valence-corrected chi connectivity index (χ0v) is 13.0. The fourth-order valence-corrected chi connectivity index (χ4v) is 2.71. The molecule has 1 aromatic heterocycles. The summed E-state index contributed by atoms with van der Waals surface area (Å²) in [4.78, 5) is 18.3. The molecule has 0 aromatic carbocycles. The SMILES string of the molecule is O=C(NCCN1CCCCC1)c1cc(Br)cnc1Cl. The van der Waals surface area contributed by atoms with Crippen LogP contribution in [-0.2, 0) is 0 Å². The topological polar surface area (TPSA) is 45.2 Å². The summed E-state index contributed by atoms with van der Waals surface area (Å²) in [5.41, 5.74) is 0.412. The largest absolute Gasteiger partial charge is 0.351 e. The Morgan fingerprint density at radius 2 is 2.16 bits per heavy atom. The number of amides is 1. The van der Waals surface area contributed by atoms with Gasteiger partial charge in [-0.15, -0.1) is 0 Å². The van der Waals surface area contributed by atoms with Crippen molar-refractivity contribution in [2.24, 2.45) is 0 Å². The molecule has 0 saturated carbocycles. The van der Waals surface area contributed by atoms with Crippen LogP contribution in [0.5, 0.6) is 0 Å². The number of hydrogen-bond donors (Lipinski definition) is 1. The van der Waals surface area contributed by atoms with Gasteiger partial charge in [0.2, 0.25) is 0 Å². The Bertz CT molecular complexity index is 450. The Morgan fingerprint density at radius 3 is 2.89 bits per heavy atom. The van der Waals surface area contributed by atoms with Crippen LogP contribution in [0.4, 0.5) is 0 Å². The molecule has 104 valence electrons. The number of nitrogens with zero attached hydrogens (tertiary/aromatic N) is 2. The Balaban J connectivity index is 1.82. The molecule has 1 aromatic rings. The number of nitrogens with one attached hydrogen (secondary N) is 1. The number of carbonyl (C=O) groups excluding carboxylic acids is 1. The van der Waals surface area contributed by atoms with E-state index >= 15 is 0 Å². The van der Waals surface area contributed by atoms with E-state index in [-0.39, 0.29) is 11.1 Å². The Labute approximate surface area is 126 Å². The Kier molecular flexibility index (Phi) is 5.60. The molecule has 1 fully saturated rings. The van der Waals surface area contributed by atoms with Crippen molar-refractivity contribution in [3.63, 3.8) is 0 Å². The lowest BCUT2D eigenvalue weighted by Crippen LogP contribution is -2.37. The van der Waals surface area contributed by atoms with Gasteiger partial charge in [0.15, 0.2) is 0 Å². The Morgan fingerprint density at radius 1 is 1.42 bits per heavy atom. The third-order valence-corrected chi connectivity index (χ3v) is 3.95. The molecule has 19 heavy (non-hydrogen) atoms. The fourth-order valence-electron chi connectivity index (χ4n) is 2.19. The first-order chi connectivity index (χ1) is 9.16. The standard InChI is InChI=1S/C13H17BrClN3O/c14-10-8-11(12(15)17-9-10)13(19)16-4-7-18-5-2-1-3-6-18/h8-9H,1-7H2,(H,16,19). The number of piperidine rings is 1.